The number of anilines is 2. The first kappa shape index (κ1) is 22.2. The number of aromatic nitrogens is 1. The summed E-state index contributed by atoms with van der Waals surface area (Å²) in [5, 5.41) is 3.15. The van der Waals surface area contributed by atoms with E-state index in [1.807, 2.05) is 61.6 Å². The number of hydrogen-bond acceptors (Lipinski definition) is 3. The highest BCUT2D eigenvalue weighted by atomic mass is 32.2. The highest BCUT2D eigenvalue weighted by molar-refractivity contribution is 7.98. The van der Waals surface area contributed by atoms with Crippen LogP contribution in [-0.2, 0) is 6.54 Å². The van der Waals surface area contributed by atoms with Gasteiger partial charge in [-0.15, -0.1) is 11.8 Å². The summed E-state index contributed by atoms with van der Waals surface area (Å²) in [5.74, 6) is 0. The second-order valence-electron chi connectivity index (χ2n) is 8.61. The van der Waals surface area contributed by atoms with E-state index in [0.717, 1.165) is 38.8 Å². The van der Waals surface area contributed by atoms with Gasteiger partial charge in [-0.25, -0.2) is 4.79 Å². The zero-order valence-corrected chi connectivity index (χ0v) is 20.4. The fraction of sp³-hybridized carbons (Fsp3) is 0.179. The van der Waals surface area contributed by atoms with Gasteiger partial charge in [-0.2, -0.15) is 0 Å². The number of amides is 2. The Labute approximate surface area is 205 Å². The third-order valence-electron chi connectivity index (χ3n) is 6.27. The summed E-state index contributed by atoms with van der Waals surface area (Å²) in [6.07, 6.45) is 4.12. The van der Waals surface area contributed by atoms with Crippen molar-refractivity contribution in [1.29, 1.82) is 0 Å². The van der Waals surface area contributed by atoms with E-state index in [1.165, 1.54) is 0 Å². The van der Waals surface area contributed by atoms with E-state index in [4.69, 9.17) is 0 Å². The van der Waals surface area contributed by atoms with E-state index in [2.05, 4.69) is 69.5 Å². The molecule has 1 atom stereocenters. The van der Waals surface area contributed by atoms with Gasteiger partial charge >= 0.3 is 6.03 Å². The summed E-state index contributed by atoms with van der Waals surface area (Å²) in [6.45, 7) is 0.506. The fourth-order valence-corrected chi connectivity index (χ4v) is 5.00. The lowest BCUT2D eigenvalue weighted by Crippen LogP contribution is -2.37. The molecule has 0 bridgehead atoms. The number of urea groups is 1. The van der Waals surface area contributed by atoms with Crippen LogP contribution in [0.1, 0.15) is 22.9 Å². The first-order valence-electron chi connectivity index (χ1n) is 11.3. The number of para-hydroxylation sites is 1. The maximum absolute atomic E-state index is 13.8. The lowest BCUT2D eigenvalue weighted by atomic mass is 10.0. The average Bonchev–Trinajstić information content (AvgIpc) is 3.28. The Balaban J connectivity index is 1.60. The Kier molecular flexibility index (Phi) is 6.07. The second kappa shape index (κ2) is 9.31. The van der Waals surface area contributed by atoms with E-state index in [0.29, 0.717) is 6.54 Å². The van der Waals surface area contributed by atoms with Crippen LogP contribution in [0.5, 0.6) is 0 Å². The highest BCUT2D eigenvalue weighted by Crippen LogP contribution is 2.37. The highest BCUT2D eigenvalue weighted by Gasteiger charge is 2.33. The van der Waals surface area contributed by atoms with Crippen LogP contribution in [0.25, 0.3) is 5.69 Å². The molecule has 5 nitrogen and oxygen atoms in total. The molecule has 6 heteroatoms. The molecule has 1 N–H and O–H groups in total. The molecule has 2 amide bonds. The van der Waals surface area contributed by atoms with Gasteiger partial charge < -0.3 is 19.7 Å². The zero-order chi connectivity index (χ0) is 23.7. The molecule has 0 unspecified atom stereocenters. The van der Waals surface area contributed by atoms with Crippen molar-refractivity contribution < 1.29 is 4.79 Å². The maximum Gasteiger partial charge on any atom is 0.322 e. The summed E-state index contributed by atoms with van der Waals surface area (Å²) in [4.78, 5) is 18.9. The Morgan fingerprint density at radius 2 is 1.76 bits per heavy atom. The Morgan fingerprint density at radius 1 is 0.971 bits per heavy atom. The van der Waals surface area contributed by atoms with Crippen molar-refractivity contribution in [2.45, 2.75) is 17.5 Å². The molecule has 34 heavy (non-hydrogen) atoms. The molecule has 1 aliphatic heterocycles. The van der Waals surface area contributed by atoms with Crippen LogP contribution < -0.4 is 10.2 Å². The third kappa shape index (κ3) is 4.17. The Hall–Kier alpha value is -3.64. The number of carbonyl (C=O) groups excluding carboxylic acids is 1. The van der Waals surface area contributed by atoms with E-state index in [-0.39, 0.29) is 12.1 Å². The molecular weight excluding hydrogens is 440 g/mol. The molecule has 1 aromatic heterocycles. The number of fused-ring (bicyclic) bond motifs is 3. The van der Waals surface area contributed by atoms with Gasteiger partial charge in [-0.05, 0) is 65.9 Å². The van der Waals surface area contributed by atoms with E-state index < -0.39 is 0 Å². The molecule has 3 aromatic carbocycles. The van der Waals surface area contributed by atoms with Gasteiger partial charge in [0.15, 0.2) is 0 Å². The van der Waals surface area contributed by atoms with Crippen LogP contribution in [0, 0.1) is 0 Å². The molecule has 2 heterocycles. The first-order chi connectivity index (χ1) is 16.5. The van der Waals surface area contributed by atoms with Gasteiger partial charge in [-0.1, -0.05) is 36.4 Å². The number of hydrogen-bond donors (Lipinski definition) is 1. The van der Waals surface area contributed by atoms with Gasteiger partial charge in [0.1, 0.15) is 0 Å². The van der Waals surface area contributed by atoms with Gasteiger partial charge in [0.2, 0.25) is 0 Å². The first-order valence-corrected chi connectivity index (χ1v) is 12.5. The molecule has 0 saturated heterocycles. The van der Waals surface area contributed by atoms with Crippen molar-refractivity contribution in [3.8, 4) is 5.69 Å². The zero-order valence-electron chi connectivity index (χ0n) is 19.6. The molecule has 0 fully saturated rings. The Morgan fingerprint density at radius 3 is 2.53 bits per heavy atom. The molecule has 0 radical (unpaired) electrons. The smallest absolute Gasteiger partial charge is 0.322 e. The summed E-state index contributed by atoms with van der Waals surface area (Å²) in [6, 6.07) is 28.6. The molecule has 1 aliphatic rings. The van der Waals surface area contributed by atoms with Crippen molar-refractivity contribution in [2.75, 3.05) is 30.6 Å². The molecule has 4 aromatic rings. The van der Waals surface area contributed by atoms with Crippen LogP contribution in [0.4, 0.5) is 16.2 Å². The van der Waals surface area contributed by atoms with Gasteiger partial charge in [0.05, 0.1) is 18.3 Å². The normalized spacial score (nSPS) is 14.7. The van der Waals surface area contributed by atoms with Crippen LogP contribution in [0.2, 0.25) is 0 Å². The van der Waals surface area contributed by atoms with Crippen molar-refractivity contribution in [1.82, 2.24) is 9.47 Å². The van der Waals surface area contributed by atoms with E-state index in [1.54, 1.807) is 11.8 Å². The average molecular weight is 469 g/mol. The van der Waals surface area contributed by atoms with Crippen molar-refractivity contribution in [3.63, 3.8) is 0 Å². The number of carbonyl (C=O) groups is 1. The number of rotatable bonds is 4. The molecule has 5 rings (SSSR count). The predicted octanol–water partition coefficient (Wildman–Crippen LogP) is 6.40. The predicted molar refractivity (Wildman–Crippen MR) is 141 cm³/mol. The lowest BCUT2D eigenvalue weighted by molar-refractivity contribution is 0.194. The van der Waals surface area contributed by atoms with Crippen LogP contribution in [0.3, 0.4) is 0 Å². The van der Waals surface area contributed by atoms with E-state index in [9.17, 15) is 4.79 Å². The number of benzene rings is 3. The monoisotopic (exact) mass is 468 g/mol. The SMILES string of the molecule is CSc1cccc(NC(=O)N2Cc3ccccc3-n3cccc3[C@H]2c2ccc(N(C)C)cc2)c1. The summed E-state index contributed by atoms with van der Waals surface area (Å²) in [5.41, 5.74) is 6.28. The fourth-order valence-electron chi connectivity index (χ4n) is 4.54. The number of nitrogens with one attached hydrogen (secondary N) is 1. The van der Waals surface area contributed by atoms with Crippen LogP contribution in [-0.4, -0.2) is 35.8 Å². The summed E-state index contributed by atoms with van der Waals surface area (Å²) in [7, 11) is 4.07. The lowest BCUT2D eigenvalue weighted by Gasteiger charge is -2.31. The van der Waals surface area contributed by atoms with Gasteiger partial charge in [0.25, 0.3) is 0 Å². The number of thioether (sulfide) groups is 1. The summed E-state index contributed by atoms with van der Waals surface area (Å²) < 4.78 is 2.21. The third-order valence-corrected chi connectivity index (χ3v) is 7.00. The van der Waals surface area contributed by atoms with Crippen LogP contribution in [0.15, 0.2) is 96.0 Å². The largest absolute Gasteiger partial charge is 0.378 e. The maximum atomic E-state index is 13.8. The van der Waals surface area contributed by atoms with Crippen molar-refractivity contribution in [3.05, 3.63) is 108 Å². The minimum Gasteiger partial charge on any atom is -0.378 e. The van der Waals surface area contributed by atoms with Crippen molar-refractivity contribution >= 4 is 29.2 Å². The standard InChI is InChI=1S/C28H28N4OS/c1-30(2)23-15-13-20(14-16-23)27-26-12-7-17-31(26)25-11-5-4-8-21(25)19-32(27)28(33)29-22-9-6-10-24(18-22)34-3/h4-18,27H,19H2,1-3H3,(H,29,33)/t27-/m1/s1. The topological polar surface area (TPSA) is 40.5 Å². The van der Waals surface area contributed by atoms with Gasteiger partial charge in [0, 0.05) is 42.3 Å². The minimum absolute atomic E-state index is 0.121. The minimum atomic E-state index is -0.234. The summed E-state index contributed by atoms with van der Waals surface area (Å²) >= 11 is 1.66. The molecule has 0 aliphatic carbocycles. The quantitative estimate of drug-likeness (QED) is 0.352. The molecular formula is C28H28N4OS. The number of nitrogens with zero attached hydrogens (tertiary/aromatic N) is 3. The van der Waals surface area contributed by atoms with E-state index >= 15 is 0 Å². The van der Waals surface area contributed by atoms with Crippen molar-refractivity contribution in [2.24, 2.45) is 0 Å². The Bertz CT molecular complexity index is 1310. The van der Waals surface area contributed by atoms with Gasteiger partial charge in [-0.3, -0.25) is 0 Å². The molecule has 172 valence electrons. The van der Waals surface area contributed by atoms with Crippen LogP contribution >= 0.6 is 11.8 Å². The molecule has 0 spiro atoms. The second-order valence-corrected chi connectivity index (χ2v) is 9.49. The molecule has 0 saturated carbocycles.